The molecule has 1 saturated heterocycles. The van der Waals surface area contributed by atoms with Gasteiger partial charge in [0.25, 0.3) is 5.91 Å². The Kier molecular flexibility index (Phi) is 3.01. The summed E-state index contributed by atoms with van der Waals surface area (Å²) in [4.78, 5) is 17.3. The Morgan fingerprint density at radius 2 is 2.32 bits per heavy atom. The van der Waals surface area contributed by atoms with Gasteiger partial charge in [-0.2, -0.15) is 0 Å². The predicted molar refractivity (Wildman–Crippen MR) is 72.6 cm³/mol. The molecular formula is C15H17FN2O. The number of amides is 1. The number of aromatic amines is 1. The van der Waals surface area contributed by atoms with E-state index in [1.165, 1.54) is 12.5 Å². The van der Waals surface area contributed by atoms with Gasteiger partial charge in [-0.05, 0) is 37.0 Å². The number of nitrogens with one attached hydrogen (secondary N) is 1. The minimum atomic E-state index is -0.292. The van der Waals surface area contributed by atoms with Crippen LogP contribution in [0, 0.1) is 11.7 Å². The number of likely N-dealkylation sites (tertiary alicyclic amines) is 1. The molecule has 1 aliphatic heterocycles. The molecule has 0 radical (unpaired) electrons. The summed E-state index contributed by atoms with van der Waals surface area (Å²) in [6, 6.07) is 6.46. The van der Waals surface area contributed by atoms with Crippen molar-refractivity contribution < 1.29 is 9.18 Å². The van der Waals surface area contributed by atoms with Gasteiger partial charge in [0.1, 0.15) is 11.5 Å². The summed E-state index contributed by atoms with van der Waals surface area (Å²) in [7, 11) is 0. The molecule has 100 valence electrons. The molecule has 3 nitrogen and oxygen atoms in total. The predicted octanol–water partition coefficient (Wildman–Crippen LogP) is 3.18. The standard InChI is InChI=1S/C15H17FN2O/c1-10-4-3-7-18(9-10)15(19)14-8-11-12(16)5-2-6-13(11)17-14/h2,5-6,8,10,17H,3-4,7,9H2,1H3. The average Bonchev–Trinajstić information content (AvgIpc) is 2.83. The Morgan fingerprint density at radius 1 is 1.47 bits per heavy atom. The van der Waals surface area contributed by atoms with Crippen LogP contribution >= 0.6 is 0 Å². The van der Waals surface area contributed by atoms with E-state index in [2.05, 4.69) is 11.9 Å². The molecule has 1 unspecified atom stereocenters. The molecule has 1 aliphatic rings. The lowest BCUT2D eigenvalue weighted by Gasteiger charge is -2.30. The lowest BCUT2D eigenvalue weighted by molar-refractivity contribution is 0.0678. The Bertz CT molecular complexity index is 620. The summed E-state index contributed by atoms with van der Waals surface area (Å²) < 4.78 is 13.6. The number of piperidine rings is 1. The van der Waals surface area contributed by atoms with E-state index >= 15 is 0 Å². The zero-order chi connectivity index (χ0) is 13.4. The third-order valence-corrected chi connectivity index (χ3v) is 3.79. The Labute approximate surface area is 111 Å². The van der Waals surface area contributed by atoms with E-state index in [0.717, 1.165) is 19.5 Å². The molecule has 19 heavy (non-hydrogen) atoms. The second-order valence-corrected chi connectivity index (χ2v) is 5.38. The summed E-state index contributed by atoms with van der Waals surface area (Å²) in [5, 5.41) is 0.482. The highest BCUT2D eigenvalue weighted by atomic mass is 19.1. The van der Waals surface area contributed by atoms with Gasteiger partial charge in [0.05, 0.1) is 0 Å². The average molecular weight is 260 g/mol. The summed E-state index contributed by atoms with van der Waals surface area (Å²) >= 11 is 0. The van der Waals surface area contributed by atoms with Crippen LogP contribution in [0.2, 0.25) is 0 Å². The van der Waals surface area contributed by atoms with Crippen molar-refractivity contribution >= 4 is 16.8 Å². The normalized spacial score (nSPS) is 19.9. The van der Waals surface area contributed by atoms with Crippen molar-refractivity contribution in [2.75, 3.05) is 13.1 Å². The number of carbonyl (C=O) groups is 1. The molecule has 1 N–H and O–H groups in total. The molecule has 4 heteroatoms. The van der Waals surface area contributed by atoms with Crippen LogP contribution in [0.5, 0.6) is 0 Å². The fourth-order valence-electron chi connectivity index (χ4n) is 2.78. The number of halogens is 1. The molecule has 0 saturated carbocycles. The second kappa shape index (κ2) is 4.68. The number of nitrogens with zero attached hydrogens (tertiary/aromatic N) is 1. The van der Waals surface area contributed by atoms with Gasteiger partial charge >= 0.3 is 0 Å². The van der Waals surface area contributed by atoms with E-state index in [1.54, 1.807) is 18.2 Å². The number of benzene rings is 1. The molecule has 1 aromatic carbocycles. The van der Waals surface area contributed by atoms with Gasteiger partial charge in [-0.1, -0.05) is 13.0 Å². The van der Waals surface area contributed by atoms with Gasteiger partial charge < -0.3 is 9.88 Å². The molecule has 0 spiro atoms. The van der Waals surface area contributed by atoms with Crippen LogP contribution in [0.4, 0.5) is 4.39 Å². The molecular weight excluding hydrogens is 243 g/mol. The van der Waals surface area contributed by atoms with Gasteiger partial charge in [0.15, 0.2) is 0 Å². The fraction of sp³-hybridized carbons (Fsp3) is 0.400. The van der Waals surface area contributed by atoms with Crippen LogP contribution in [-0.4, -0.2) is 28.9 Å². The number of hydrogen-bond acceptors (Lipinski definition) is 1. The summed E-state index contributed by atoms with van der Waals surface area (Å²) in [5.41, 5.74) is 1.16. The topological polar surface area (TPSA) is 36.1 Å². The first-order valence-electron chi connectivity index (χ1n) is 6.71. The van der Waals surface area contributed by atoms with Crippen molar-refractivity contribution in [1.82, 2.24) is 9.88 Å². The molecule has 0 bridgehead atoms. The molecule has 3 rings (SSSR count). The third-order valence-electron chi connectivity index (χ3n) is 3.79. The highest BCUT2D eigenvalue weighted by Crippen LogP contribution is 2.22. The molecule has 1 atom stereocenters. The van der Waals surface area contributed by atoms with E-state index in [1.807, 2.05) is 4.90 Å². The Morgan fingerprint density at radius 3 is 3.05 bits per heavy atom. The molecule has 1 fully saturated rings. The van der Waals surface area contributed by atoms with Gasteiger partial charge in [-0.15, -0.1) is 0 Å². The number of hydrogen-bond donors (Lipinski definition) is 1. The van der Waals surface area contributed by atoms with Crippen molar-refractivity contribution in [2.24, 2.45) is 5.92 Å². The first kappa shape index (κ1) is 12.2. The minimum Gasteiger partial charge on any atom is -0.350 e. The molecule has 0 aliphatic carbocycles. The van der Waals surface area contributed by atoms with Crippen LogP contribution in [0.3, 0.4) is 0 Å². The Balaban J connectivity index is 1.91. The van der Waals surface area contributed by atoms with E-state index < -0.39 is 0 Å². The van der Waals surface area contributed by atoms with E-state index in [0.29, 0.717) is 22.5 Å². The number of rotatable bonds is 1. The SMILES string of the molecule is CC1CCCN(C(=O)c2cc3c(F)cccc3[nH]2)C1. The molecule has 1 aromatic heterocycles. The van der Waals surface area contributed by atoms with Gasteiger partial charge in [-0.25, -0.2) is 4.39 Å². The molecule has 2 heterocycles. The molecule has 1 amide bonds. The maximum atomic E-state index is 13.6. The maximum Gasteiger partial charge on any atom is 0.270 e. The maximum absolute atomic E-state index is 13.6. The van der Waals surface area contributed by atoms with Crippen LogP contribution in [-0.2, 0) is 0 Å². The fourth-order valence-corrected chi connectivity index (χ4v) is 2.78. The van der Waals surface area contributed by atoms with Gasteiger partial charge in [0, 0.05) is 24.0 Å². The van der Waals surface area contributed by atoms with E-state index in [9.17, 15) is 9.18 Å². The summed E-state index contributed by atoms with van der Waals surface area (Å²) in [6.45, 7) is 3.74. The minimum absolute atomic E-state index is 0.0258. The lowest BCUT2D eigenvalue weighted by Crippen LogP contribution is -2.39. The molecule has 2 aromatic rings. The Hall–Kier alpha value is -1.84. The highest BCUT2D eigenvalue weighted by Gasteiger charge is 2.23. The zero-order valence-electron chi connectivity index (χ0n) is 10.9. The first-order chi connectivity index (χ1) is 9.15. The van der Waals surface area contributed by atoms with Gasteiger partial charge in [0.2, 0.25) is 0 Å². The number of carbonyl (C=O) groups excluding carboxylic acids is 1. The second-order valence-electron chi connectivity index (χ2n) is 5.38. The van der Waals surface area contributed by atoms with Gasteiger partial charge in [-0.3, -0.25) is 4.79 Å². The highest BCUT2D eigenvalue weighted by molar-refractivity contribution is 5.98. The summed E-state index contributed by atoms with van der Waals surface area (Å²) in [6.07, 6.45) is 2.21. The quantitative estimate of drug-likeness (QED) is 0.840. The van der Waals surface area contributed by atoms with Crippen LogP contribution in [0.25, 0.3) is 10.9 Å². The third kappa shape index (κ3) is 2.23. The van der Waals surface area contributed by atoms with Crippen molar-refractivity contribution in [3.8, 4) is 0 Å². The van der Waals surface area contributed by atoms with Crippen molar-refractivity contribution in [3.05, 3.63) is 35.8 Å². The van der Waals surface area contributed by atoms with Crippen molar-refractivity contribution in [2.45, 2.75) is 19.8 Å². The number of H-pyrrole nitrogens is 1. The van der Waals surface area contributed by atoms with Crippen LogP contribution < -0.4 is 0 Å². The number of aromatic nitrogens is 1. The van der Waals surface area contributed by atoms with Crippen LogP contribution in [0.1, 0.15) is 30.3 Å². The monoisotopic (exact) mass is 260 g/mol. The number of fused-ring (bicyclic) bond motifs is 1. The first-order valence-corrected chi connectivity index (χ1v) is 6.71. The lowest BCUT2D eigenvalue weighted by atomic mass is 10.00. The smallest absolute Gasteiger partial charge is 0.270 e. The van der Waals surface area contributed by atoms with Crippen molar-refractivity contribution in [1.29, 1.82) is 0 Å². The van der Waals surface area contributed by atoms with Crippen molar-refractivity contribution in [3.63, 3.8) is 0 Å². The zero-order valence-corrected chi connectivity index (χ0v) is 10.9. The summed E-state index contributed by atoms with van der Waals surface area (Å²) in [5.74, 6) is 0.223. The van der Waals surface area contributed by atoms with E-state index in [4.69, 9.17) is 0 Å². The van der Waals surface area contributed by atoms with Crippen LogP contribution in [0.15, 0.2) is 24.3 Å². The largest absolute Gasteiger partial charge is 0.350 e. The van der Waals surface area contributed by atoms with E-state index in [-0.39, 0.29) is 11.7 Å².